The molecule has 3 rings (SSSR count). The summed E-state index contributed by atoms with van der Waals surface area (Å²) in [5.41, 5.74) is 1.03. The molecule has 2 fully saturated rings. The van der Waals surface area contributed by atoms with Crippen molar-refractivity contribution in [3.05, 3.63) is 29.8 Å². The molecule has 3 amide bonds. The van der Waals surface area contributed by atoms with Crippen LogP contribution in [0.4, 0.5) is 5.69 Å². The number of carbonyl (C=O) groups excluding carboxylic acids is 3. The number of benzene rings is 1. The predicted molar refractivity (Wildman–Crippen MR) is 111 cm³/mol. The van der Waals surface area contributed by atoms with Crippen LogP contribution in [0.5, 0.6) is 0 Å². The van der Waals surface area contributed by atoms with Crippen molar-refractivity contribution in [3.8, 4) is 0 Å². The van der Waals surface area contributed by atoms with Gasteiger partial charge in [-0.05, 0) is 43.5 Å². The molecule has 2 saturated heterocycles. The zero-order valence-corrected chi connectivity index (χ0v) is 17.3. The van der Waals surface area contributed by atoms with Crippen molar-refractivity contribution in [3.63, 3.8) is 0 Å². The first-order chi connectivity index (χ1) is 14.4. The Hall–Kier alpha value is -2.90. The number of piperidine rings is 1. The van der Waals surface area contributed by atoms with Gasteiger partial charge in [0.05, 0.1) is 11.8 Å². The van der Waals surface area contributed by atoms with E-state index < -0.39 is 11.9 Å². The van der Waals surface area contributed by atoms with Gasteiger partial charge in [-0.1, -0.05) is 13.3 Å². The number of rotatable bonds is 7. The van der Waals surface area contributed by atoms with E-state index >= 15 is 0 Å². The molecule has 0 aromatic heterocycles. The number of likely N-dealkylation sites (tertiary alicyclic amines) is 2. The molecule has 2 N–H and O–H groups in total. The number of anilines is 1. The lowest BCUT2D eigenvalue weighted by molar-refractivity contribution is -0.143. The minimum Gasteiger partial charge on any atom is -0.481 e. The zero-order valence-electron chi connectivity index (χ0n) is 17.3. The average Bonchev–Trinajstić information content (AvgIpc) is 3.13. The van der Waals surface area contributed by atoms with Crippen LogP contribution >= 0.6 is 0 Å². The summed E-state index contributed by atoms with van der Waals surface area (Å²) in [6, 6.07) is 6.59. The molecular formula is C22H29N3O5. The third-order valence-corrected chi connectivity index (χ3v) is 5.82. The topological polar surface area (TPSA) is 107 Å². The first-order valence-electron chi connectivity index (χ1n) is 10.6. The number of nitrogens with one attached hydrogen (secondary N) is 1. The van der Waals surface area contributed by atoms with Gasteiger partial charge in [-0.25, -0.2) is 0 Å². The maximum absolute atomic E-state index is 12.7. The van der Waals surface area contributed by atoms with Crippen molar-refractivity contribution in [2.24, 2.45) is 11.8 Å². The highest BCUT2D eigenvalue weighted by molar-refractivity contribution is 5.98. The van der Waals surface area contributed by atoms with Crippen molar-refractivity contribution in [1.29, 1.82) is 0 Å². The Morgan fingerprint density at radius 2 is 1.87 bits per heavy atom. The zero-order chi connectivity index (χ0) is 21.7. The Morgan fingerprint density at radius 3 is 2.53 bits per heavy atom. The monoisotopic (exact) mass is 415 g/mol. The number of carbonyl (C=O) groups is 4. The number of hydrogen-bond acceptors (Lipinski definition) is 4. The lowest BCUT2D eigenvalue weighted by Crippen LogP contribution is -2.42. The highest BCUT2D eigenvalue weighted by atomic mass is 16.4. The molecule has 0 unspecified atom stereocenters. The number of hydrogen-bond donors (Lipinski definition) is 2. The molecule has 8 nitrogen and oxygen atoms in total. The van der Waals surface area contributed by atoms with E-state index in [1.807, 2.05) is 0 Å². The molecule has 0 aliphatic carbocycles. The maximum atomic E-state index is 12.7. The second-order valence-electron chi connectivity index (χ2n) is 8.09. The second-order valence-corrected chi connectivity index (χ2v) is 8.09. The Labute approximate surface area is 176 Å². The van der Waals surface area contributed by atoms with Gasteiger partial charge in [-0.15, -0.1) is 0 Å². The number of unbranched alkanes of at least 4 members (excludes halogenated alkanes) is 1. The molecule has 30 heavy (non-hydrogen) atoms. The van der Waals surface area contributed by atoms with Crippen LogP contribution in [-0.4, -0.2) is 64.8 Å². The first kappa shape index (κ1) is 21.8. The summed E-state index contributed by atoms with van der Waals surface area (Å²) < 4.78 is 0. The van der Waals surface area contributed by atoms with Gasteiger partial charge in [-0.3, -0.25) is 19.2 Å². The van der Waals surface area contributed by atoms with E-state index in [2.05, 4.69) is 12.2 Å². The number of amides is 3. The van der Waals surface area contributed by atoms with Crippen molar-refractivity contribution in [1.82, 2.24) is 9.80 Å². The molecule has 2 aliphatic heterocycles. The summed E-state index contributed by atoms with van der Waals surface area (Å²) in [5.74, 6) is -2.13. The molecule has 2 atom stereocenters. The highest BCUT2D eigenvalue weighted by Gasteiger charge is 2.34. The van der Waals surface area contributed by atoms with E-state index in [0.717, 1.165) is 12.8 Å². The van der Waals surface area contributed by atoms with Gasteiger partial charge in [0.2, 0.25) is 11.8 Å². The van der Waals surface area contributed by atoms with Crippen molar-refractivity contribution in [2.45, 2.75) is 39.0 Å². The van der Waals surface area contributed by atoms with Crippen LogP contribution in [0.3, 0.4) is 0 Å². The van der Waals surface area contributed by atoms with Crippen LogP contribution < -0.4 is 5.32 Å². The Balaban J connectivity index is 1.55. The molecule has 1 aromatic rings. The fourth-order valence-corrected chi connectivity index (χ4v) is 4.00. The lowest BCUT2D eigenvalue weighted by atomic mass is 9.97. The molecule has 2 aliphatic rings. The van der Waals surface area contributed by atoms with Gasteiger partial charge in [-0.2, -0.15) is 0 Å². The highest BCUT2D eigenvalue weighted by Crippen LogP contribution is 2.22. The first-order valence-corrected chi connectivity index (χ1v) is 10.6. The van der Waals surface area contributed by atoms with Gasteiger partial charge >= 0.3 is 5.97 Å². The quantitative estimate of drug-likeness (QED) is 0.710. The van der Waals surface area contributed by atoms with Crippen LogP contribution in [0.1, 0.15) is 49.4 Å². The minimum atomic E-state index is -0.871. The standard InChI is InChI=1S/C22H29N3O5/c1-2-3-10-24-14-17(12-19(24)26)20(27)23-18-8-6-15(7-9-18)21(28)25-11-4-5-16(13-25)22(29)30/h6-9,16-17H,2-5,10-14H2,1H3,(H,23,27)(H,29,30)/t16-,17+/m0/s1. The molecule has 0 radical (unpaired) electrons. The predicted octanol–water partition coefficient (Wildman–Crippen LogP) is 2.21. The molecule has 0 spiro atoms. The normalized spacial score (nSPS) is 21.6. The van der Waals surface area contributed by atoms with Gasteiger partial charge < -0.3 is 20.2 Å². The lowest BCUT2D eigenvalue weighted by Gasteiger charge is -2.30. The smallest absolute Gasteiger partial charge is 0.308 e. The molecular weight excluding hydrogens is 386 g/mol. The molecule has 2 heterocycles. The largest absolute Gasteiger partial charge is 0.481 e. The Morgan fingerprint density at radius 1 is 1.13 bits per heavy atom. The van der Waals surface area contributed by atoms with Crippen LogP contribution in [0, 0.1) is 11.8 Å². The maximum Gasteiger partial charge on any atom is 0.308 e. The summed E-state index contributed by atoms with van der Waals surface area (Å²) in [5, 5.41) is 12.0. The van der Waals surface area contributed by atoms with Crippen molar-refractivity contribution < 1.29 is 24.3 Å². The second kappa shape index (κ2) is 9.73. The fraction of sp³-hybridized carbons (Fsp3) is 0.545. The SMILES string of the molecule is CCCCN1C[C@H](C(=O)Nc2ccc(C(=O)N3CCC[C@H](C(=O)O)C3)cc2)CC1=O. The molecule has 1 aromatic carbocycles. The van der Waals surface area contributed by atoms with Crippen LogP contribution in [0.25, 0.3) is 0 Å². The van der Waals surface area contributed by atoms with Crippen LogP contribution in [-0.2, 0) is 14.4 Å². The Kier molecular flexibility index (Phi) is 7.07. The van der Waals surface area contributed by atoms with Crippen LogP contribution in [0.15, 0.2) is 24.3 Å². The van der Waals surface area contributed by atoms with Crippen molar-refractivity contribution in [2.75, 3.05) is 31.5 Å². The summed E-state index contributed by atoms with van der Waals surface area (Å²) >= 11 is 0. The number of aliphatic carboxylic acids is 1. The van der Waals surface area contributed by atoms with Crippen LogP contribution in [0.2, 0.25) is 0 Å². The number of carboxylic acids is 1. The van der Waals surface area contributed by atoms with E-state index in [-0.39, 0.29) is 36.6 Å². The van der Waals surface area contributed by atoms with Gasteiger partial charge in [0.15, 0.2) is 0 Å². The van der Waals surface area contributed by atoms with E-state index in [1.54, 1.807) is 34.1 Å². The summed E-state index contributed by atoms with van der Waals surface area (Å²) in [6.45, 7) is 3.97. The molecule has 8 heteroatoms. The number of nitrogens with zero attached hydrogens (tertiary/aromatic N) is 2. The van der Waals surface area contributed by atoms with E-state index in [1.165, 1.54) is 0 Å². The van der Waals surface area contributed by atoms with Gasteiger partial charge in [0.1, 0.15) is 0 Å². The van der Waals surface area contributed by atoms with E-state index in [4.69, 9.17) is 0 Å². The summed E-state index contributed by atoms with van der Waals surface area (Å²) in [6.07, 6.45) is 3.42. The molecule has 0 bridgehead atoms. The fourth-order valence-electron chi connectivity index (χ4n) is 4.00. The van der Waals surface area contributed by atoms with Crippen molar-refractivity contribution >= 4 is 29.4 Å². The summed E-state index contributed by atoms with van der Waals surface area (Å²) in [4.78, 5) is 51.8. The molecule has 0 saturated carbocycles. The average molecular weight is 415 g/mol. The Bertz CT molecular complexity index is 807. The molecule has 162 valence electrons. The third-order valence-electron chi connectivity index (χ3n) is 5.82. The number of carboxylic acid groups (broad SMARTS) is 1. The van der Waals surface area contributed by atoms with Gasteiger partial charge in [0.25, 0.3) is 5.91 Å². The minimum absolute atomic E-state index is 0.0192. The van der Waals surface area contributed by atoms with Gasteiger partial charge in [0, 0.05) is 43.9 Å². The summed E-state index contributed by atoms with van der Waals surface area (Å²) in [7, 11) is 0. The van der Waals surface area contributed by atoms with E-state index in [9.17, 15) is 24.3 Å². The third kappa shape index (κ3) is 5.17. The van der Waals surface area contributed by atoms with E-state index in [0.29, 0.717) is 43.7 Å².